The first kappa shape index (κ1) is 18.6. The predicted molar refractivity (Wildman–Crippen MR) is 102 cm³/mol. The van der Waals surface area contributed by atoms with E-state index in [2.05, 4.69) is 47.8 Å². The third-order valence-electron chi connectivity index (χ3n) is 4.69. The number of benzene rings is 1. The second-order valence-corrected chi connectivity index (χ2v) is 6.34. The van der Waals surface area contributed by atoms with Crippen LogP contribution in [0.3, 0.4) is 0 Å². The van der Waals surface area contributed by atoms with E-state index in [9.17, 15) is 0 Å². The number of hydrogen-bond acceptors (Lipinski definition) is 2. The maximum Gasteiger partial charge on any atom is 0.122 e. The largest absolute Gasteiger partial charge is 0.496 e. The van der Waals surface area contributed by atoms with Crippen molar-refractivity contribution in [2.45, 2.75) is 52.5 Å². The minimum atomic E-state index is 0. The fraction of sp³-hybridized carbons (Fsp3) is 0.450. The Morgan fingerprint density at radius 2 is 2.00 bits per heavy atom. The van der Waals surface area contributed by atoms with Crippen molar-refractivity contribution in [1.29, 1.82) is 0 Å². The van der Waals surface area contributed by atoms with Crippen LogP contribution in [-0.2, 0) is 25.8 Å². The summed E-state index contributed by atoms with van der Waals surface area (Å²) in [5.74, 6) is 2.20. The van der Waals surface area contributed by atoms with E-state index in [0.29, 0.717) is 0 Å². The number of rotatable bonds is 5. The highest BCUT2D eigenvalue weighted by molar-refractivity contribution is 5.85. The molecule has 0 saturated heterocycles. The first-order chi connectivity index (χ1) is 11.2. The second-order valence-electron chi connectivity index (χ2n) is 6.34. The molecule has 0 bridgehead atoms. The van der Waals surface area contributed by atoms with Gasteiger partial charge in [0, 0.05) is 25.4 Å². The maximum absolute atomic E-state index is 5.56. The Balaban J connectivity index is 0.00000208. The fourth-order valence-corrected chi connectivity index (χ4v) is 3.57. The molecular weight excluding hydrogens is 320 g/mol. The van der Waals surface area contributed by atoms with E-state index in [0.717, 1.165) is 37.4 Å². The molecule has 4 heteroatoms. The van der Waals surface area contributed by atoms with Crippen molar-refractivity contribution >= 4 is 18.5 Å². The molecule has 0 N–H and O–H groups in total. The molecule has 1 heterocycles. The van der Waals surface area contributed by atoms with Gasteiger partial charge in [0.15, 0.2) is 0 Å². The summed E-state index contributed by atoms with van der Waals surface area (Å²) in [6.07, 6.45) is 12.1. The summed E-state index contributed by atoms with van der Waals surface area (Å²) in [5, 5.41) is 0. The van der Waals surface area contributed by atoms with E-state index in [1.54, 1.807) is 7.11 Å². The van der Waals surface area contributed by atoms with E-state index < -0.39 is 0 Å². The molecule has 0 atom stereocenters. The molecule has 0 unspecified atom stereocenters. The predicted octanol–water partition coefficient (Wildman–Crippen LogP) is 4.86. The SMILES string of the molecule is CCc1nccn1C/C(C)=C/c1ccc(OC)c2c1CCCC2.Cl. The molecule has 0 amide bonds. The van der Waals surface area contributed by atoms with Crippen molar-refractivity contribution in [3.05, 3.63) is 52.6 Å². The number of hydrogen-bond donors (Lipinski definition) is 0. The van der Waals surface area contributed by atoms with Gasteiger partial charge in [-0.15, -0.1) is 12.4 Å². The number of halogens is 1. The van der Waals surface area contributed by atoms with Gasteiger partial charge in [-0.3, -0.25) is 0 Å². The average molecular weight is 347 g/mol. The Bertz CT molecular complexity index is 718. The summed E-state index contributed by atoms with van der Waals surface area (Å²) in [6, 6.07) is 4.33. The highest BCUT2D eigenvalue weighted by Gasteiger charge is 2.16. The fourth-order valence-electron chi connectivity index (χ4n) is 3.57. The van der Waals surface area contributed by atoms with E-state index in [1.807, 2.05) is 6.20 Å². The van der Waals surface area contributed by atoms with Crippen LogP contribution < -0.4 is 4.74 Å². The molecule has 1 aliphatic rings. The smallest absolute Gasteiger partial charge is 0.122 e. The monoisotopic (exact) mass is 346 g/mol. The summed E-state index contributed by atoms with van der Waals surface area (Å²) in [5.41, 5.74) is 5.61. The lowest BCUT2D eigenvalue weighted by Crippen LogP contribution is -2.07. The number of imidazole rings is 1. The first-order valence-electron chi connectivity index (χ1n) is 8.58. The minimum absolute atomic E-state index is 0. The molecule has 2 aromatic rings. The lowest BCUT2D eigenvalue weighted by atomic mass is 9.87. The Kier molecular flexibility index (Phi) is 6.50. The zero-order valence-electron chi connectivity index (χ0n) is 14.8. The Labute approximate surface area is 151 Å². The highest BCUT2D eigenvalue weighted by Crippen LogP contribution is 2.33. The quantitative estimate of drug-likeness (QED) is 0.773. The summed E-state index contributed by atoms with van der Waals surface area (Å²) in [4.78, 5) is 4.41. The van der Waals surface area contributed by atoms with Gasteiger partial charge in [-0.2, -0.15) is 0 Å². The molecule has 0 fully saturated rings. The van der Waals surface area contributed by atoms with Gasteiger partial charge < -0.3 is 9.30 Å². The molecule has 0 radical (unpaired) electrons. The molecular formula is C20H27ClN2O. The number of nitrogens with zero attached hydrogens (tertiary/aromatic N) is 2. The molecule has 0 spiro atoms. The molecule has 3 nitrogen and oxygen atoms in total. The number of allylic oxidation sites excluding steroid dienone is 1. The van der Waals surface area contributed by atoms with Crippen LogP contribution in [0.15, 0.2) is 30.1 Å². The topological polar surface area (TPSA) is 27.1 Å². The van der Waals surface area contributed by atoms with Crippen molar-refractivity contribution in [3.8, 4) is 5.75 Å². The average Bonchev–Trinajstić information content (AvgIpc) is 3.02. The molecule has 1 aromatic carbocycles. The number of methoxy groups -OCH3 is 1. The van der Waals surface area contributed by atoms with Crippen molar-refractivity contribution in [3.63, 3.8) is 0 Å². The van der Waals surface area contributed by atoms with Crippen molar-refractivity contribution in [2.75, 3.05) is 7.11 Å². The zero-order chi connectivity index (χ0) is 16.2. The van der Waals surface area contributed by atoms with Crippen LogP contribution in [0.5, 0.6) is 5.75 Å². The second kappa shape index (κ2) is 8.39. The van der Waals surface area contributed by atoms with Crippen LogP contribution in [0, 0.1) is 0 Å². The normalized spacial score (nSPS) is 14.0. The van der Waals surface area contributed by atoms with Crippen LogP contribution >= 0.6 is 12.4 Å². The van der Waals surface area contributed by atoms with Crippen LogP contribution in [0.4, 0.5) is 0 Å². The molecule has 1 aliphatic carbocycles. The number of fused-ring (bicyclic) bond motifs is 1. The van der Waals surface area contributed by atoms with Gasteiger partial charge in [0.05, 0.1) is 7.11 Å². The van der Waals surface area contributed by atoms with Crippen LogP contribution in [0.2, 0.25) is 0 Å². The Hall–Kier alpha value is -1.74. The maximum atomic E-state index is 5.56. The third-order valence-corrected chi connectivity index (χ3v) is 4.69. The minimum Gasteiger partial charge on any atom is -0.496 e. The van der Waals surface area contributed by atoms with Gasteiger partial charge >= 0.3 is 0 Å². The van der Waals surface area contributed by atoms with Crippen molar-refractivity contribution in [2.24, 2.45) is 0 Å². The third kappa shape index (κ3) is 3.84. The van der Waals surface area contributed by atoms with Crippen LogP contribution in [0.1, 0.15) is 49.2 Å². The first-order valence-corrected chi connectivity index (χ1v) is 8.58. The van der Waals surface area contributed by atoms with E-state index in [-0.39, 0.29) is 12.4 Å². The van der Waals surface area contributed by atoms with Gasteiger partial charge in [-0.05, 0) is 55.4 Å². The Morgan fingerprint density at radius 3 is 2.71 bits per heavy atom. The summed E-state index contributed by atoms with van der Waals surface area (Å²) in [6.45, 7) is 5.26. The lowest BCUT2D eigenvalue weighted by molar-refractivity contribution is 0.406. The molecule has 1 aromatic heterocycles. The van der Waals surface area contributed by atoms with Crippen molar-refractivity contribution < 1.29 is 4.74 Å². The van der Waals surface area contributed by atoms with E-state index in [4.69, 9.17) is 4.74 Å². The standard InChI is InChI=1S/C20H26N2O.ClH/c1-4-20-21-11-12-22(20)14-15(2)13-16-9-10-19(23-3)18-8-6-5-7-17(16)18;/h9-13H,4-8,14H2,1-3H3;1H/b15-13+;. The molecule has 0 aliphatic heterocycles. The summed E-state index contributed by atoms with van der Waals surface area (Å²) >= 11 is 0. The van der Waals surface area contributed by atoms with E-state index in [1.165, 1.54) is 35.1 Å². The zero-order valence-corrected chi connectivity index (χ0v) is 15.7. The van der Waals surface area contributed by atoms with Crippen LogP contribution in [-0.4, -0.2) is 16.7 Å². The van der Waals surface area contributed by atoms with E-state index >= 15 is 0 Å². The molecule has 130 valence electrons. The Morgan fingerprint density at radius 1 is 1.25 bits per heavy atom. The van der Waals surface area contributed by atoms with Crippen molar-refractivity contribution in [1.82, 2.24) is 9.55 Å². The molecule has 0 saturated carbocycles. The molecule has 3 rings (SSSR count). The van der Waals surface area contributed by atoms with Gasteiger partial charge in [-0.1, -0.05) is 24.6 Å². The number of aromatic nitrogens is 2. The lowest BCUT2D eigenvalue weighted by Gasteiger charge is -2.21. The van der Waals surface area contributed by atoms with Gasteiger partial charge in [0.2, 0.25) is 0 Å². The number of ether oxygens (including phenoxy) is 1. The summed E-state index contributed by atoms with van der Waals surface area (Å²) < 4.78 is 7.79. The molecule has 24 heavy (non-hydrogen) atoms. The highest BCUT2D eigenvalue weighted by atomic mass is 35.5. The summed E-state index contributed by atoms with van der Waals surface area (Å²) in [7, 11) is 1.77. The van der Waals surface area contributed by atoms with Gasteiger partial charge in [0.25, 0.3) is 0 Å². The number of aryl methyl sites for hydroxylation is 1. The van der Waals surface area contributed by atoms with Crippen LogP contribution in [0.25, 0.3) is 6.08 Å². The van der Waals surface area contributed by atoms with Gasteiger partial charge in [0.1, 0.15) is 11.6 Å². The van der Waals surface area contributed by atoms with Gasteiger partial charge in [-0.25, -0.2) is 4.98 Å².